The molecule has 2 N–H and O–H groups in total. The molecular formula is C25H20N4O3S. The van der Waals surface area contributed by atoms with Crippen LogP contribution in [0.5, 0.6) is 0 Å². The lowest BCUT2D eigenvalue weighted by Crippen LogP contribution is -2.30. The number of esters is 1. The first-order chi connectivity index (χ1) is 16.0. The van der Waals surface area contributed by atoms with Crippen LogP contribution in [0.1, 0.15) is 22.8 Å². The number of ether oxygens (including phenoxy) is 1. The summed E-state index contributed by atoms with van der Waals surface area (Å²) in [5.41, 5.74) is 4.53. The first-order valence-corrected chi connectivity index (χ1v) is 11.2. The summed E-state index contributed by atoms with van der Waals surface area (Å²) >= 11 is 1.38. The molecule has 0 bridgehead atoms. The number of aromatic nitrogens is 3. The Balaban J connectivity index is 1.33. The third-order valence-electron chi connectivity index (χ3n) is 5.22. The highest BCUT2D eigenvalue weighted by atomic mass is 32.1. The molecule has 0 fully saturated rings. The summed E-state index contributed by atoms with van der Waals surface area (Å²) in [7, 11) is 0. The van der Waals surface area contributed by atoms with Crippen molar-refractivity contribution < 1.29 is 14.3 Å². The molecule has 0 aliphatic rings. The molecule has 3 aromatic carbocycles. The van der Waals surface area contributed by atoms with Gasteiger partial charge in [-0.05, 0) is 49.7 Å². The van der Waals surface area contributed by atoms with E-state index in [0.29, 0.717) is 22.1 Å². The minimum Gasteiger partial charge on any atom is -0.449 e. The lowest BCUT2D eigenvalue weighted by Gasteiger charge is -2.13. The van der Waals surface area contributed by atoms with Gasteiger partial charge in [0.1, 0.15) is 5.82 Å². The Bertz CT molecular complexity index is 1470. The Hall–Kier alpha value is -4.04. The second kappa shape index (κ2) is 8.48. The predicted molar refractivity (Wildman–Crippen MR) is 129 cm³/mol. The van der Waals surface area contributed by atoms with Crippen LogP contribution in [0.3, 0.4) is 0 Å². The molecule has 1 unspecified atom stereocenters. The van der Waals surface area contributed by atoms with Crippen molar-refractivity contribution in [3.05, 3.63) is 77.9 Å². The number of aryl methyl sites for hydroxylation is 1. The number of para-hydroxylation sites is 2. The van der Waals surface area contributed by atoms with Crippen LogP contribution in [0, 0.1) is 6.92 Å². The van der Waals surface area contributed by atoms with Gasteiger partial charge in [-0.1, -0.05) is 47.7 Å². The molecule has 0 saturated carbocycles. The number of nitrogens with one attached hydrogen (secondary N) is 2. The normalized spacial score (nSPS) is 12.1. The lowest BCUT2D eigenvalue weighted by molar-refractivity contribution is -0.123. The van der Waals surface area contributed by atoms with Crippen molar-refractivity contribution in [2.75, 3.05) is 5.32 Å². The van der Waals surface area contributed by atoms with E-state index in [4.69, 9.17) is 4.74 Å². The smallest absolute Gasteiger partial charge is 0.339 e. The number of hydrogen-bond acceptors (Lipinski definition) is 6. The van der Waals surface area contributed by atoms with Crippen LogP contribution in [0.2, 0.25) is 0 Å². The number of imidazole rings is 1. The Labute approximate surface area is 193 Å². The Morgan fingerprint density at radius 1 is 1.00 bits per heavy atom. The van der Waals surface area contributed by atoms with Crippen LogP contribution < -0.4 is 5.32 Å². The molecule has 8 heteroatoms. The monoisotopic (exact) mass is 456 g/mol. The summed E-state index contributed by atoms with van der Waals surface area (Å²) in [5.74, 6) is -0.486. The van der Waals surface area contributed by atoms with Crippen LogP contribution >= 0.6 is 11.3 Å². The van der Waals surface area contributed by atoms with E-state index in [0.717, 1.165) is 26.8 Å². The number of hydrogen-bond donors (Lipinski definition) is 2. The van der Waals surface area contributed by atoms with Crippen molar-refractivity contribution in [3.63, 3.8) is 0 Å². The van der Waals surface area contributed by atoms with Crippen LogP contribution in [-0.2, 0) is 9.53 Å². The van der Waals surface area contributed by atoms with Crippen molar-refractivity contribution in [2.45, 2.75) is 20.0 Å². The van der Waals surface area contributed by atoms with Crippen molar-refractivity contribution in [1.29, 1.82) is 0 Å². The zero-order valence-corrected chi connectivity index (χ0v) is 18.8. The molecular weight excluding hydrogens is 436 g/mol. The maximum atomic E-state index is 12.9. The largest absolute Gasteiger partial charge is 0.449 e. The van der Waals surface area contributed by atoms with E-state index in [1.54, 1.807) is 18.2 Å². The van der Waals surface area contributed by atoms with E-state index in [-0.39, 0.29) is 0 Å². The quantitative estimate of drug-likeness (QED) is 0.348. The van der Waals surface area contributed by atoms with Gasteiger partial charge in [-0.25, -0.2) is 14.8 Å². The van der Waals surface area contributed by atoms with E-state index in [9.17, 15) is 9.59 Å². The van der Waals surface area contributed by atoms with Gasteiger partial charge < -0.3 is 9.72 Å². The summed E-state index contributed by atoms with van der Waals surface area (Å²) < 4.78 is 6.47. The van der Waals surface area contributed by atoms with Crippen LogP contribution in [0.15, 0.2) is 66.7 Å². The molecule has 33 heavy (non-hydrogen) atoms. The van der Waals surface area contributed by atoms with E-state index >= 15 is 0 Å². The third kappa shape index (κ3) is 4.20. The van der Waals surface area contributed by atoms with Crippen molar-refractivity contribution in [1.82, 2.24) is 15.0 Å². The number of aromatic amines is 1. The summed E-state index contributed by atoms with van der Waals surface area (Å²) in [6.45, 7) is 3.54. The molecule has 0 aliphatic carbocycles. The minimum atomic E-state index is -1.00. The molecule has 0 spiro atoms. The highest BCUT2D eigenvalue weighted by molar-refractivity contribution is 7.22. The number of anilines is 1. The maximum absolute atomic E-state index is 12.9. The lowest BCUT2D eigenvalue weighted by atomic mass is 10.1. The fourth-order valence-electron chi connectivity index (χ4n) is 3.52. The van der Waals surface area contributed by atoms with Gasteiger partial charge >= 0.3 is 5.97 Å². The molecule has 1 amide bonds. The molecule has 0 radical (unpaired) electrons. The maximum Gasteiger partial charge on any atom is 0.339 e. The molecule has 7 nitrogen and oxygen atoms in total. The first kappa shape index (κ1) is 20.8. The Morgan fingerprint density at radius 3 is 2.64 bits per heavy atom. The van der Waals surface area contributed by atoms with Crippen LogP contribution in [0.25, 0.3) is 32.6 Å². The average molecular weight is 457 g/mol. The standard InChI is InChI=1S/C25H20N4O3S/c1-14-11-12-20-21(13-14)33-25(28-20)29-23(30)15(2)32-24(31)17-8-4-3-7-16(17)22-26-18-9-5-6-10-19(18)27-22/h3-13,15H,1-2H3,(H,26,27)(H,28,29,30). The fraction of sp³-hybridized carbons (Fsp3) is 0.120. The summed E-state index contributed by atoms with van der Waals surface area (Å²) in [6, 6.07) is 20.5. The summed E-state index contributed by atoms with van der Waals surface area (Å²) in [4.78, 5) is 37.8. The second-order valence-corrected chi connectivity index (χ2v) is 8.71. The third-order valence-corrected chi connectivity index (χ3v) is 6.15. The molecule has 2 aromatic heterocycles. The highest BCUT2D eigenvalue weighted by Crippen LogP contribution is 2.27. The number of amides is 1. The minimum absolute atomic E-state index is 0.326. The average Bonchev–Trinajstić information content (AvgIpc) is 3.42. The van der Waals surface area contributed by atoms with Gasteiger partial charge in [-0.15, -0.1) is 0 Å². The van der Waals surface area contributed by atoms with Gasteiger partial charge in [-0.3, -0.25) is 10.1 Å². The van der Waals surface area contributed by atoms with Gasteiger partial charge in [0.05, 0.1) is 26.8 Å². The number of H-pyrrole nitrogens is 1. The van der Waals surface area contributed by atoms with Gasteiger partial charge in [0, 0.05) is 5.56 Å². The second-order valence-electron chi connectivity index (χ2n) is 7.68. The molecule has 0 saturated heterocycles. The highest BCUT2D eigenvalue weighted by Gasteiger charge is 2.23. The first-order valence-electron chi connectivity index (χ1n) is 10.4. The molecule has 1 atom stereocenters. The Morgan fingerprint density at radius 2 is 1.79 bits per heavy atom. The van der Waals surface area contributed by atoms with E-state index in [1.807, 2.05) is 55.5 Å². The van der Waals surface area contributed by atoms with Gasteiger partial charge in [0.15, 0.2) is 11.2 Å². The summed E-state index contributed by atoms with van der Waals surface area (Å²) in [6.07, 6.45) is -1.00. The van der Waals surface area contributed by atoms with E-state index in [1.165, 1.54) is 18.3 Å². The van der Waals surface area contributed by atoms with Gasteiger partial charge in [0.2, 0.25) is 0 Å². The molecule has 164 valence electrons. The number of nitrogens with zero attached hydrogens (tertiary/aromatic N) is 2. The fourth-order valence-corrected chi connectivity index (χ4v) is 4.48. The number of carbonyl (C=O) groups excluding carboxylic acids is 2. The van der Waals surface area contributed by atoms with Crippen LogP contribution in [0.4, 0.5) is 5.13 Å². The summed E-state index contributed by atoms with van der Waals surface area (Å²) in [5, 5.41) is 3.21. The number of rotatable bonds is 5. The van der Waals surface area contributed by atoms with Gasteiger partial charge in [0.25, 0.3) is 5.91 Å². The van der Waals surface area contributed by atoms with Gasteiger partial charge in [-0.2, -0.15) is 0 Å². The van der Waals surface area contributed by atoms with Crippen molar-refractivity contribution >= 4 is 49.6 Å². The zero-order chi connectivity index (χ0) is 22.9. The number of thiazole rings is 1. The number of benzene rings is 3. The van der Waals surface area contributed by atoms with Crippen molar-refractivity contribution in [2.24, 2.45) is 0 Å². The number of carbonyl (C=O) groups is 2. The topological polar surface area (TPSA) is 97.0 Å². The molecule has 2 heterocycles. The van der Waals surface area contributed by atoms with Crippen molar-refractivity contribution in [3.8, 4) is 11.4 Å². The molecule has 0 aliphatic heterocycles. The van der Waals surface area contributed by atoms with Crippen LogP contribution in [-0.4, -0.2) is 32.9 Å². The predicted octanol–water partition coefficient (Wildman–Crippen LogP) is 5.33. The number of fused-ring (bicyclic) bond motifs is 2. The SMILES string of the molecule is Cc1ccc2nc(NC(=O)C(C)OC(=O)c3ccccc3-c3nc4ccccc4[nH]3)sc2c1. The molecule has 5 aromatic rings. The van der Waals surface area contributed by atoms with E-state index in [2.05, 4.69) is 20.3 Å². The molecule has 5 rings (SSSR count). The zero-order valence-electron chi connectivity index (χ0n) is 18.0. The van der Waals surface area contributed by atoms with E-state index < -0.39 is 18.0 Å². The Kier molecular flexibility index (Phi) is 5.35.